The Kier molecular flexibility index (Phi) is 9.16. The summed E-state index contributed by atoms with van der Waals surface area (Å²) >= 11 is 6.44. The van der Waals surface area contributed by atoms with Gasteiger partial charge in [0.05, 0.1) is 35.2 Å². The van der Waals surface area contributed by atoms with Crippen LogP contribution in [0.1, 0.15) is 54.3 Å². The zero-order valence-corrected chi connectivity index (χ0v) is 26.5. The number of pyridine rings is 1. The van der Waals surface area contributed by atoms with E-state index in [1.54, 1.807) is 13.0 Å². The van der Waals surface area contributed by atoms with Gasteiger partial charge < -0.3 is 30.1 Å². The number of anilines is 2. The molecule has 0 radical (unpaired) electrons. The Morgan fingerprint density at radius 2 is 1.87 bits per heavy atom. The Morgan fingerprint density at radius 1 is 1.11 bits per heavy atom. The van der Waals surface area contributed by atoms with E-state index in [1.165, 1.54) is 17.2 Å². The first-order chi connectivity index (χ1) is 21.7. The fourth-order valence-electron chi connectivity index (χ4n) is 5.94. The maximum absolute atomic E-state index is 15.5. The number of nitrogens with zero attached hydrogens (tertiary/aromatic N) is 6. The molecule has 2 N–H and O–H groups in total. The zero-order chi connectivity index (χ0) is 31.7. The number of piperazine rings is 1. The molecule has 1 aromatic carbocycles. The summed E-state index contributed by atoms with van der Waals surface area (Å²) in [6.45, 7) is 8.51. The number of nitrogens with one attached hydrogen (secondary N) is 2. The normalized spacial score (nSPS) is 18.9. The molecular formula is C32H38ClFN8O3. The Morgan fingerprint density at radius 3 is 2.62 bits per heavy atom. The third-order valence-electron chi connectivity index (χ3n) is 8.82. The first-order valence-electron chi connectivity index (χ1n) is 15.4. The number of amides is 2. The number of aromatic nitrogens is 3. The number of hydrogen-bond donors (Lipinski definition) is 2. The van der Waals surface area contributed by atoms with Gasteiger partial charge in [-0.25, -0.2) is 19.3 Å². The van der Waals surface area contributed by atoms with Crippen LogP contribution in [0.2, 0.25) is 5.02 Å². The van der Waals surface area contributed by atoms with Gasteiger partial charge in [-0.1, -0.05) is 17.7 Å². The molecule has 3 aliphatic rings. The van der Waals surface area contributed by atoms with Crippen LogP contribution < -0.4 is 15.5 Å². The highest BCUT2D eigenvalue weighted by Gasteiger charge is 2.37. The molecule has 2 fully saturated rings. The second-order valence-corrected chi connectivity index (χ2v) is 12.4. The van der Waals surface area contributed by atoms with Crippen molar-refractivity contribution < 1.29 is 18.7 Å². The molecule has 2 amide bonds. The van der Waals surface area contributed by atoms with E-state index >= 15 is 4.39 Å². The van der Waals surface area contributed by atoms with Crippen molar-refractivity contribution in [2.24, 2.45) is 0 Å². The van der Waals surface area contributed by atoms with Crippen molar-refractivity contribution in [3.63, 3.8) is 0 Å². The summed E-state index contributed by atoms with van der Waals surface area (Å²) in [5.41, 5.74) is 1.84. The van der Waals surface area contributed by atoms with Crippen molar-refractivity contribution in [3.05, 3.63) is 64.2 Å². The molecule has 2 aromatic heterocycles. The van der Waals surface area contributed by atoms with Gasteiger partial charge >= 0.3 is 0 Å². The maximum atomic E-state index is 15.5. The lowest BCUT2D eigenvalue weighted by Crippen LogP contribution is -2.46. The highest BCUT2D eigenvalue weighted by molar-refractivity contribution is 6.33. The molecule has 0 saturated carbocycles. The Bertz CT molecular complexity index is 1580. The number of carbonyl (C=O) groups is 2. The summed E-state index contributed by atoms with van der Waals surface area (Å²) < 4.78 is 20.9. The fraction of sp³-hybridized carbons (Fsp3) is 0.469. The van der Waals surface area contributed by atoms with Crippen LogP contribution in [0.3, 0.4) is 0 Å². The average molecular weight is 637 g/mol. The van der Waals surface area contributed by atoms with E-state index in [0.29, 0.717) is 30.4 Å². The molecule has 45 heavy (non-hydrogen) atoms. The van der Waals surface area contributed by atoms with Crippen molar-refractivity contribution in [2.45, 2.75) is 51.4 Å². The van der Waals surface area contributed by atoms with Crippen LogP contribution in [0.5, 0.6) is 0 Å². The van der Waals surface area contributed by atoms with Crippen molar-refractivity contribution in [2.75, 3.05) is 56.7 Å². The Balaban J connectivity index is 1.14. The van der Waals surface area contributed by atoms with Crippen molar-refractivity contribution in [1.82, 2.24) is 30.1 Å². The lowest BCUT2D eigenvalue weighted by Gasteiger charge is -2.33. The highest BCUT2D eigenvalue weighted by atomic mass is 35.5. The van der Waals surface area contributed by atoms with E-state index < -0.39 is 17.8 Å². The van der Waals surface area contributed by atoms with Gasteiger partial charge in [-0.2, -0.15) is 0 Å². The van der Waals surface area contributed by atoms with E-state index in [-0.39, 0.29) is 40.7 Å². The molecule has 11 nitrogen and oxygen atoms in total. The van der Waals surface area contributed by atoms with Gasteiger partial charge in [-0.3, -0.25) is 9.59 Å². The molecule has 0 bridgehead atoms. The topological polar surface area (TPSA) is 116 Å². The second kappa shape index (κ2) is 13.2. The number of rotatable bonds is 8. The molecule has 13 heteroatoms. The van der Waals surface area contributed by atoms with Crippen LogP contribution in [0, 0.1) is 5.82 Å². The van der Waals surface area contributed by atoms with Gasteiger partial charge in [0.1, 0.15) is 17.7 Å². The summed E-state index contributed by atoms with van der Waals surface area (Å²) in [4.78, 5) is 46.5. The van der Waals surface area contributed by atoms with Gasteiger partial charge in [-0.15, -0.1) is 0 Å². The largest absolute Gasteiger partial charge is 0.381 e. The van der Waals surface area contributed by atoms with Crippen LogP contribution in [0.15, 0.2) is 36.5 Å². The molecule has 3 aromatic rings. The zero-order valence-electron chi connectivity index (χ0n) is 25.7. The number of carbonyl (C=O) groups excluding carboxylic acids is 2. The number of hydrogen-bond acceptors (Lipinski definition) is 9. The number of ether oxygens (including phenoxy) is 1. The third-order valence-corrected chi connectivity index (χ3v) is 9.10. The van der Waals surface area contributed by atoms with Crippen molar-refractivity contribution in [3.8, 4) is 11.3 Å². The first-order valence-corrected chi connectivity index (χ1v) is 15.8. The molecule has 6 rings (SSSR count). The maximum Gasteiger partial charge on any atom is 0.255 e. The minimum atomic E-state index is -0.839. The fourth-order valence-corrected chi connectivity index (χ4v) is 6.14. The smallest absolute Gasteiger partial charge is 0.255 e. The predicted octanol–water partition coefficient (Wildman–Crippen LogP) is 3.90. The Labute approximate surface area is 267 Å². The SMILES string of the molecule is C[C@H](NC(=O)[C@@H](C)N1Cc2c(F)cc(-c3nc(NC4CCOCC4)ncc3Cl)cc2C1=O)c1cccc(N2CCN(C)CC2)n1. The molecule has 2 atom stereocenters. The average Bonchev–Trinajstić information content (AvgIpc) is 3.39. The van der Waals surface area contributed by atoms with Crippen molar-refractivity contribution >= 4 is 35.2 Å². The van der Waals surface area contributed by atoms with E-state index in [0.717, 1.165) is 50.5 Å². The quantitative estimate of drug-likeness (QED) is 0.380. The standard InChI is InChI=1S/C32H38ClFN8O3/c1-19(27-5-4-6-28(38-27)41-11-9-40(3)10-12-41)36-30(43)20(2)42-18-24-23(31(42)44)15-21(16-26(24)34)29-25(33)17-35-32(39-29)37-22-7-13-45-14-8-22/h4-6,15-17,19-20,22H,7-14,18H2,1-3H3,(H,36,43)(H,35,37,39)/t19-,20+/m0/s1. The minimum absolute atomic E-state index is 0.0194. The van der Waals surface area contributed by atoms with E-state index in [9.17, 15) is 9.59 Å². The molecular weight excluding hydrogens is 599 g/mol. The third kappa shape index (κ3) is 6.73. The van der Waals surface area contributed by atoms with E-state index in [2.05, 4.69) is 37.4 Å². The summed E-state index contributed by atoms with van der Waals surface area (Å²) in [6.07, 6.45) is 3.11. The first kappa shape index (κ1) is 31.1. The van der Waals surface area contributed by atoms with E-state index in [1.807, 2.05) is 25.1 Å². The molecule has 0 aliphatic carbocycles. The number of halogens is 2. The summed E-state index contributed by atoms with van der Waals surface area (Å²) in [5, 5.41) is 6.52. The summed E-state index contributed by atoms with van der Waals surface area (Å²) in [7, 11) is 2.10. The lowest BCUT2D eigenvalue weighted by atomic mass is 10.0. The molecule has 2 saturated heterocycles. The van der Waals surface area contributed by atoms with Gasteiger partial charge in [0.15, 0.2) is 0 Å². The predicted molar refractivity (Wildman–Crippen MR) is 170 cm³/mol. The summed E-state index contributed by atoms with van der Waals surface area (Å²) in [6, 6.07) is 7.65. The molecule has 0 unspecified atom stereocenters. The number of likely N-dealkylation sites (N-methyl/N-ethyl adjacent to an activating group) is 1. The molecule has 0 spiro atoms. The highest BCUT2D eigenvalue weighted by Crippen LogP contribution is 2.34. The van der Waals surface area contributed by atoms with Crippen LogP contribution in [-0.4, -0.2) is 95.1 Å². The molecule has 3 aliphatic heterocycles. The van der Waals surface area contributed by atoms with Crippen LogP contribution >= 0.6 is 11.6 Å². The number of fused-ring (bicyclic) bond motifs is 1. The molecule has 238 valence electrons. The van der Waals surface area contributed by atoms with E-state index in [4.69, 9.17) is 21.3 Å². The lowest BCUT2D eigenvalue weighted by molar-refractivity contribution is -0.125. The second-order valence-electron chi connectivity index (χ2n) is 12.0. The van der Waals surface area contributed by atoms with Gasteiger partial charge in [-0.05, 0) is 58.0 Å². The van der Waals surface area contributed by atoms with Gasteiger partial charge in [0, 0.05) is 62.1 Å². The van der Waals surface area contributed by atoms with Crippen molar-refractivity contribution in [1.29, 1.82) is 0 Å². The Hall–Kier alpha value is -3.87. The monoisotopic (exact) mass is 636 g/mol. The molecule has 5 heterocycles. The minimum Gasteiger partial charge on any atom is -0.381 e. The number of benzene rings is 1. The van der Waals surface area contributed by atoms with Gasteiger partial charge in [0.2, 0.25) is 11.9 Å². The van der Waals surface area contributed by atoms with Crippen LogP contribution in [0.4, 0.5) is 16.2 Å². The summed E-state index contributed by atoms with van der Waals surface area (Å²) in [5.74, 6) is -0.0850. The van der Waals surface area contributed by atoms with Crippen LogP contribution in [-0.2, 0) is 16.1 Å². The van der Waals surface area contributed by atoms with Gasteiger partial charge in [0.25, 0.3) is 5.91 Å². The van der Waals surface area contributed by atoms with Crippen LogP contribution in [0.25, 0.3) is 11.3 Å².